The number of benzene rings is 3. The molecule has 156 valence electrons. The maximum Gasteiger partial charge on any atom is 0.255 e. The second-order valence-corrected chi connectivity index (χ2v) is 8.64. The summed E-state index contributed by atoms with van der Waals surface area (Å²) < 4.78 is 0. The molecule has 1 saturated heterocycles. The van der Waals surface area contributed by atoms with E-state index < -0.39 is 0 Å². The molecule has 4 rings (SSSR count). The van der Waals surface area contributed by atoms with Crippen molar-refractivity contribution in [3.05, 3.63) is 83.4 Å². The van der Waals surface area contributed by atoms with Crippen molar-refractivity contribution in [2.24, 2.45) is 0 Å². The Bertz CT molecular complexity index is 1140. The van der Waals surface area contributed by atoms with E-state index in [2.05, 4.69) is 37.4 Å². The Kier molecular flexibility index (Phi) is 5.91. The molecule has 0 radical (unpaired) electrons. The number of nitrogens with zero attached hydrogens (tertiary/aromatic N) is 1. The van der Waals surface area contributed by atoms with Crippen molar-refractivity contribution < 1.29 is 14.4 Å². The van der Waals surface area contributed by atoms with Crippen LogP contribution in [0.15, 0.2) is 76.5 Å². The van der Waals surface area contributed by atoms with Gasteiger partial charge in [0.1, 0.15) is 0 Å². The molecule has 0 saturated carbocycles. The molecule has 0 aliphatic carbocycles. The van der Waals surface area contributed by atoms with Crippen LogP contribution in [0.3, 0.4) is 0 Å². The number of anilines is 2. The number of carbonyl (C=O) groups is 3. The lowest BCUT2D eigenvalue weighted by molar-refractivity contribution is -0.121. The molecule has 31 heavy (non-hydrogen) atoms. The number of nitrogens with one attached hydrogen (secondary N) is 1. The number of aryl methyl sites for hydroxylation is 2. The lowest BCUT2D eigenvalue weighted by atomic mass is 10.1. The van der Waals surface area contributed by atoms with Crippen LogP contribution in [0.5, 0.6) is 0 Å². The first-order chi connectivity index (χ1) is 14.9. The minimum Gasteiger partial charge on any atom is -0.322 e. The van der Waals surface area contributed by atoms with Gasteiger partial charge in [-0.05, 0) is 85.6 Å². The molecule has 0 spiro atoms. The fourth-order valence-corrected chi connectivity index (χ4v) is 4.27. The van der Waals surface area contributed by atoms with Crippen molar-refractivity contribution in [3.8, 4) is 0 Å². The first-order valence-corrected chi connectivity index (χ1v) is 10.8. The summed E-state index contributed by atoms with van der Waals surface area (Å²) >= 11 is 1.68. The van der Waals surface area contributed by atoms with E-state index in [0.29, 0.717) is 16.9 Å². The molecule has 0 bridgehead atoms. The van der Waals surface area contributed by atoms with Gasteiger partial charge in [-0.15, -0.1) is 0 Å². The van der Waals surface area contributed by atoms with E-state index in [0.717, 1.165) is 4.90 Å². The van der Waals surface area contributed by atoms with Crippen LogP contribution >= 0.6 is 11.8 Å². The summed E-state index contributed by atoms with van der Waals surface area (Å²) in [5.41, 5.74) is 4.18. The van der Waals surface area contributed by atoms with Gasteiger partial charge in [-0.1, -0.05) is 17.8 Å². The molecule has 1 heterocycles. The smallest absolute Gasteiger partial charge is 0.255 e. The van der Waals surface area contributed by atoms with Gasteiger partial charge in [0.05, 0.1) is 5.69 Å². The van der Waals surface area contributed by atoms with Gasteiger partial charge in [0.25, 0.3) is 5.91 Å². The molecule has 3 aromatic carbocycles. The zero-order valence-corrected chi connectivity index (χ0v) is 18.2. The van der Waals surface area contributed by atoms with Crippen molar-refractivity contribution in [2.75, 3.05) is 10.2 Å². The Morgan fingerprint density at radius 3 is 2.03 bits per heavy atom. The van der Waals surface area contributed by atoms with E-state index in [1.807, 2.05) is 24.3 Å². The molecule has 1 fully saturated rings. The van der Waals surface area contributed by atoms with Gasteiger partial charge in [0.15, 0.2) is 0 Å². The Morgan fingerprint density at radius 1 is 0.806 bits per heavy atom. The summed E-state index contributed by atoms with van der Waals surface area (Å²) in [5, 5.41) is 2.88. The number of carbonyl (C=O) groups excluding carboxylic acids is 3. The molecule has 1 N–H and O–H groups in total. The molecular formula is C25H22N2O3S. The van der Waals surface area contributed by atoms with Crippen molar-refractivity contribution in [1.82, 2.24) is 0 Å². The first kappa shape index (κ1) is 20.9. The molecule has 1 aliphatic heterocycles. The third kappa shape index (κ3) is 4.70. The fraction of sp³-hybridized carbons (Fsp3) is 0.160. The van der Waals surface area contributed by atoms with E-state index in [1.165, 1.54) is 20.9 Å². The molecule has 3 amide bonds. The Hall–Kier alpha value is -3.38. The normalized spacial score (nSPS) is 13.5. The van der Waals surface area contributed by atoms with E-state index in [1.54, 1.807) is 36.0 Å². The average Bonchev–Trinajstić information content (AvgIpc) is 3.10. The van der Waals surface area contributed by atoms with Crippen LogP contribution in [-0.4, -0.2) is 17.7 Å². The van der Waals surface area contributed by atoms with Crippen LogP contribution in [-0.2, 0) is 9.59 Å². The van der Waals surface area contributed by atoms with Crippen LogP contribution < -0.4 is 10.2 Å². The summed E-state index contributed by atoms with van der Waals surface area (Å²) in [5.74, 6) is -0.665. The number of amides is 3. The molecule has 6 heteroatoms. The lowest BCUT2D eigenvalue weighted by Crippen LogP contribution is -2.28. The number of hydrogen-bond donors (Lipinski definition) is 1. The largest absolute Gasteiger partial charge is 0.322 e. The predicted octanol–water partition coefficient (Wildman–Crippen LogP) is 5.36. The van der Waals surface area contributed by atoms with Gasteiger partial charge < -0.3 is 5.32 Å². The highest BCUT2D eigenvalue weighted by molar-refractivity contribution is 7.99. The van der Waals surface area contributed by atoms with Crippen LogP contribution in [0.1, 0.15) is 34.3 Å². The third-order valence-corrected chi connectivity index (χ3v) is 6.26. The van der Waals surface area contributed by atoms with Crippen LogP contribution in [0, 0.1) is 13.8 Å². The molecule has 5 nitrogen and oxygen atoms in total. The van der Waals surface area contributed by atoms with Gasteiger partial charge in [-0.25, -0.2) is 0 Å². The van der Waals surface area contributed by atoms with Crippen molar-refractivity contribution in [3.63, 3.8) is 0 Å². The van der Waals surface area contributed by atoms with Crippen LogP contribution in [0.25, 0.3) is 0 Å². The summed E-state index contributed by atoms with van der Waals surface area (Å²) in [6.07, 6.45) is 0.470. The van der Waals surface area contributed by atoms with Gasteiger partial charge in [0.2, 0.25) is 11.8 Å². The van der Waals surface area contributed by atoms with E-state index in [9.17, 15) is 14.4 Å². The monoisotopic (exact) mass is 430 g/mol. The second kappa shape index (κ2) is 8.78. The minimum absolute atomic E-state index is 0.207. The van der Waals surface area contributed by atoms with Gasteiger partial charge in [-0.3, -0.25) is 19.3 Å². The number of imide groups is 1. The molecule has 0 aromatic heterocycles. The Morgan fingerprint density at radius 2 is 1.42 bits per heavy atom. The predicted molar refractivity (Wildman–Crippen MR) is 123 cm³/mol. The highest BCUT2D eigenvalue weighted by atomic mass is 32.2. The van der Waals surface area contributed by atoms with Crippen LogP contribution in [0.4, 0.5) is 11.4 Å². The van der Waals surface area contributed by atoms with E-state index >= 15 is 0 Å². The topological polar surface area (TPSA) is 66.5 Å². The Balaban J connectivity index is 1.39. The summed E-state index contributed by atoms with van der Waals surface area (Å²) in [6.45, 7) is 4.20. The standard InChI is InChI=1S/C25H22N2O3S/c1-16-3-10-22(15-17(16)2)31-21-11-6-19(7-12-21)26-25(30)18-4-8-20(9-5-18)27-23(28)13-14-24(27)29/h3-12,15H,13-14H2,1-2H3,(H,26,30). The number of rotatable bonds is 5. The van der Waals surface area contributed by atoms with Gasteiger partial charge in [-0.2, -0.15) is 0 Å². The fourth-order valence-electron chi connectivity index (χ4n) is 3.35. The molecule has 0 unspecified atom stereocenters. The van der Waals surface area contributed by atoms with E-state index in [-0.39, 0.29) is 30.6 Å². The van der Waals surface area contributed by atoms with E-state index in [4.69, 9.17) is 0 Å². The average molecular weight is 431 g/mol. The minimum atomic E-state index is -0.250. The SMILES string of the molecule is Cc1ccc(Sc2ccc(NC(=O)c3ccc(N4C(=O)CCC4=O)cc3)cc2)cc1C. The Labute approximate surface area is 185 Å². The third-order valence-electron chi connectivity index (χ3n) is 5.27. The van der Waals surface area contributed by atoms with Gasteiger partial charge in [0, 0.05) is 33.9 Å². The summed E-state index contributed by atoms with van der Waals surface area (Å²) in [4.78, 5) is 39.7. The van der Waals surface area contributed by atoms with Crippen LogP contribution in [0.2, 0.25) is 0 Å². The molecule has 0 atom stereocenters. The zero-order chi connectivity index (χ0) is 22.0. The summed E-state index contributed by atoms with van der Waals surface area (Å²) in [7, 11) is 0. The highest BCUT2D eigenvalue weighted by Gasteiger charge is 2.30. The van der Waals surface area contributed by atoms with Crippen molar-refractivity contribution >= 4 is 40.9 Å². The molecule has 1 aliphatic rings. The van der Waals surface area contributed by atoms with Crippen molar-refractivity contribution in [2.45, 2.75) is 36.5 Å². The molecule has 3 aromatic rings. The highest BCUT2D eigenvalue weighted by Crippen LogP contribution is 2.30. The van der Waals surface area contributed by atoms with Crippen molar-refractivity contribution in [1.29, 1.82) is 0 Å². The van der Waals surface area contributed by atoms with Gasteiger partial charge >= 0.3 is 0 Å². The quantitative estimate of drug-likeness (QED) is 0.554. The maximum absolute atomic E-state index is 12.6. The molecular weight excluding hydrogens is 408 g/mol. The summed E-state index contributed by atoms with van der Waals surface area (Å²) in [6, 6.07) is 20.6. The number of hydrogen-bond acceptors (Lipinski definition) is 4. The first-order valence-electron chi connectivity index (χ1n) is 10.0. The zero-order valence-electron chi connectivity index (χ0n) is 17.3. The maximum atomic E-state index is 12.6. The second-order valence-electron chi connectivity index (χ2n) is 7.50. The lowest BCUT2D eigenvalue weighted by Gasteiger charge is -2.14.